The Bertz CT molecular complexity index is 108. The highest BCUT2D eigenvalue weighted by Crippen LogP contribution is 2.02. The first-order valence-corrected chi connectivity index (χ1v) is 4.63. The number of methoxy groups -OCH3 is 1. The molecular weight excluding hydrogens is 172 g/mol. The van der Waals surface area contributed by atoms with Crippen molar-refractivity contribution in [3.63, 3.8) is 0 Å². The summed E-state index contributed by atoms with van der Waals surface area (Å²) < 4.78 is 9.78. The van der Waals surface area contributed by atoms with Crippen LogP contribution in [0.5, 0.6) is 0 Å². The van der Waals surface area contributed by atoms with Gasteiger partial charge in [-0.05, 0) is 19.8 Å². The van der Waals surface area contributed by atoms with Gasteiger partial charge in [0.05, 0.1) is 25.4 Å². The molecule has 0 aliphatic carbocycles. The maximum atomic E-state index is 9.32. The van der Waals surface area contributed by atoms with Gasteiger partial charge in [-0.1, -0.05) is 0 Å². The van der Waals surface area contributed by atoms with Gasteiger partial charge in [0, 0.05) is 13.7 Å². The third-order valence-electron chi connectivity index (χ3n) is 1.71. The summed E-state index contributed by atoms with van der Waals surface area (Å²) in [4.78, 5) is 0. The van der Waals surface area contributed by atoms with Crippen molar-refractivity contribution in [3.8, 4) is 0 Å². The lowest BCUT2D eigenvalue weighted by atomic mass is 10.1. The molecule has 2 N–H and O–H groups in total. The Morgan fingerprint density at radius 1 is 1.08 bits per heavy atom. The highest BCUT2D eigenvalue weighted by atomic mass is 16.5. The molecule has 0 aromatic rings. The molecule has 0 aromatic carbocycles. The fourth-order valence-corrected chi connectivity index (χ4v) is 0.998. The number of hydrogen-bond donors (Lipinski definition) is 2. The zero-order valence-electron chi connectivity index (χ0n) is 8.40. The Balaban J connectivity index is 3.29. The zero-order chi connectivity index (χ0) is 10.1. The van der Waals surface area contributed by atoms with Crippen LogP contribution >= 0.6 is 0 Å². The van der Waals surface area contributed by atoms with Crippen molar-refractivity contribution in [1.82, 2.24) is 0 Å². The average molecular weight is 192 g/mol. The first-order valence-electron chi connectivity index (χ1n) is 4.63. The van der Waals surface area contributed by atoms with Gasteiger partial charge in [-0.15, -0.1) is 0 Å². The molecule has 4 heteroatoms. The van der Waals surface area contributed by atoms with Crippen LogP contribution in [0.3, 0.4) is 0 Å². The van der Waals surface area contributed by atoms with E-state index in [-0.39, 0.29) is 0 Å². The van der Waals surface area contributed by atoms with Crippen molar-refractivity contribution in [1.29, 1.82) is 0 Å². The van der Waals surface area contributed by atoms with Gasteiger partial charge in [0.2, 0.25) is 0 Å². The quantitative estimate of drug-likeness (QED) is 0.575. The first-order chi connectivity index (χ1) is 6.20. The standard InChI is InChI=1S/C9H20O4/c1-3-13-7-9(11)5-4-8(10)6-12-2/h8-11H,3-7H2,1-2H3. The molecule has 0 heterocycles. The smallest absolute Gasteiger partial charge is 0.0774 e. The molecule has 2 unspecified atom stereocenters. The van der Waals surface area contributed by atoms with Crippen LogP contribution in [0.4, 0.5) is 0 Å². The molecule has 4 nitrogen and oxygen atoms in total. The summed E-state index contributed by atoms with van der Waals surface area (Å²) in [5.74, 6) is 0. The molecule has 0 rings (SSSR count). The summed E-state index contributed by atoms with van der Waals surface area (Å²) in [6, 6.07) is 0. The van der Waals surface area contributed by atoms with Crippen molar-refractivity contribution in [2.24, 2.45) is 0 Å². The lowest BCUT2D eigenvalue weighted by molar-refractivity contribution is 0.0157. The van der Waals surface area contributed by atoms with Crippen molar-refractivity contribution < 1.29 is 19.7 Å². The van der Waals surface area contributed by atoms with E-state index in [0.29, 0.717) is 32.7 Å². The predicted octanol–water partition coefficient (Wildman–Crippen LogP) is 0.171. The Labute approximate surface area is 79.5 Å². The maximum absolute atomic E-state index is 9.32. The number of aliphatic hydroxyl groups excluding tert-OH is 2. The Morgan fingerprint density at radius 2 is 1.62 bits per heavy atom. The van der Waals surface area contributed by atoms with Gasteiger partial charge in [-0.2, -0.15) is 0 Å². The van der Waals surface area contributed by atoms with Crippen LogP contribution < -0.4 is 0 Å². The summed E-state index contributed by atoms with van der Waals surface area (Å²) >= 11 is 0. The zero-order valence-corrected chi connectivity index (χ0v) is 8.40. The molecule has 0 aliphatic heterocycles. The van der Waals surface area contributed by atoms with Crippen LogP contribution in [0.1, 0.15) is 19.8 Å². The van der Waals surface area contributed by atoms with E-state index in [1.807, 2.05) is 6.92 Å². The molecule has 80 valence electrons. The van der Waals surface area contributed by atoms with Gasteiger partial charge in [-0.25, -0.2) is 0 Å². The molecular formula is C9H20O4. The fraction of sp³-hybridized carbons (Fsp3) is 1.00. The highest BCUT2D eigenvalue weighted by Gasteiger charge is 2.08. The molecule has 0 saturated carbocycles. The number of ether oxygens (including phenoxy) is 2. The van der Waals surface area contributed by atoms with Crippen LogP contribution in [-0.2, 0) is 9.47 Å². The van der Waals surface area contributed by atoms with E-state index in [1.54, 1.807) is 7.11 Å². The van der Waals surface area contributed by atoms with E-state index in [1.165, 1.54) is 0 Å². The van der Waals surface area contributed by atoms with Crippen LogP contribution in [0.15, 0.2) is 0 Å². The minimum atomic E-state index is -0.485. The molecule has 0 aromatic heterocycles. The molecule has 0 fully saturated rings. The van der Waals surface area contributed by atoms with Crippen LogP contribution in [0.2, 0.25) is 0 Å². The van der Waals surface area contributed by atoms with E-state index >= 15 is 0 Å². The molecule has 0 amide bonds. The maximum Gasteiger partial charge on any atom is 0.0774 e. The molecule has 2 atom stereocenters. The molecule has 0 spiro atoms. The topological polar surface area (TPSA) is 58.9 Å². The van der Waals surface area contributed by atoms with Gasteiger partial charge < -0.3 is 19.7 Å². The van der Waals surface area contributed by atoms with E-state index in [2.05, 4.69) is 0 Å². The van der Waals surface area contributed by atoms with E-state index < -0.39 is 12.2 Å². The van der Waals surface area contributed by atoms with Crippen LogP contribution in [-0.4, -0.2) is 49.4 Å². The van der Waals surface area contributed by atoms with Gasteiger partial charge >= 0.3 is 0 Å². The van der Waals surface area contributed by atoms with Crippen molar-refractivity contribution in [3.05, 3.63) is 0 Å². The largest absolute Gasteiger partial charge is 0.391 e. The summed E-state index contributed by atoms with van der Waals surface area (Å²) in [7, 11) is 1.54. The second kappa shape index (κ2) is 8.44. The lowest BCUT2D eigenvalue weighted by Gasteiger charge is -2.13. The first kappa shape index (κ1) is 12.8. The van der Waals surface area contributed by atoms with Gasteiger partial charge in [0.1, 0.15) is 0 Å². The Kier molecular flexibility index (Phi) is 8.33. The molecule has 0 bridgehead atoms. The van der Waals surface area contributed by atoms with Crippen molar-refractivity contribution in [2.75, 3.05) is 26.9 Å². The second-order valence-corrected chi connectivity index (χ2v) is 3.00. The molecule has 13 heavy (non-hydrogen) atoms. The van der Waals surface area contributed by atoms with Crippen molar-refractivity contribution in [2.45, 2.75) is 32.0 Å². The minimum absolute atomic E-state index is 0.321. The normalized spacial score (nSPS) is 15.7. The van der Waals surface area contributed by atoms with Crippen LogP contribution in [0, 0.1) is 0 Å². The number of aliphatic hydroxyl groups is 2. The third kappa shape index (κ3) is 8.18. The van der Waals surface area contributed by atoms with Gasteiger partial charge in [-0.3, -0.25) is 0 Å². The average Bonchev–Trinajstić information content (AvgIpc) is 2.12. The van der Waals surface area contributed by atoms with E-state index in [4.69, 9.17) is 9.47 Å². The summed E-state index contributed by atoms with van der Waals surface area (Å²) in [5, 5.41) is 18.6. The lowest BCUT2D eigenvalue weighted by Crippen LogP contribution is -2.20. The highest BCUT2D eigenvalue weighted by molar-refractivity contribution is 4.60. The van der Waals surface area contributed by atoms with Gasteiger partial charge in [0.15, 0.2) is 0 Å². The molecule has 0 aliphatic rings. The van der Waals surface area contributed by atoms with Gasteiger partial charge in [0.25, 0.3) is 0 Å². The third-order valence-corrected chi connectivity index (χ3v) is 1.71. The number of hydrogen-bond acceptors (Lipinski definition) is 4. The van der Waals surface area contributed by atoms with Crippen LogP contribution in [0.25, 0.3) is 0 Å². The summed E-state index contributed by atoms with van der Waals surface area (Å²) in [6.45, 7) is 3.15. The fourth-order valence-electron chi connectivity index (χ4n) is 0.998. The minimum Gasteiger partial charge on any atom is -0.391 e. The Morgan fingerprint density at radius 3 is 2.08 bits per heavy atom. The monoisotopic (exact) mass is 192 g/mol. The molecule has 0 saturated heterocycles. The second-order valence-electron chi connectivity index (χ2n) is 3.00. The number of rotatable bonds is 8. The summed E-state index contributed by atoms with van der Waals surface area (Å²) in [5.41, 5.74) is 0. The summed E-state index contributed by atoms with van der Waals surface area (Å²) in [6.07, 6.45) is 0.125. The Hall–Kier alpha value is -0.160. The van der Waals surface area contributed by atoms with Crippen molar-refractivity contribution >= 4 is 0 Å². The van der Waals surface area contributed by atoms with E-state index in [9.17, 15) is 10.2 Å². The predicted molar refractivity (Wildman–Crippen MR) is 49.6 cm³/mol. The van der Waals surface area contributed by atoms with E-state index in [0.717, 1.165) is 0 Å². The SMILES string of the molecule is CCOCC(O)CCC(O)COC. The molecule has 0 radical (unpaired) electrons.